The van der Waals surface area contributed by atoms with E-state index in [-0.39, 0.29) is 0 Å². The van der Waals surface area contributed by atoms with E-state index in [0.717, 1.165) is 17.7 Å². The van der Waals surface area contributed by atoms with Gasteiger partial charge < -0.3 is 5.11 Å². The Morgan fingerprint density at radius 1 is 1.26 bits per heavy atom. The lowest BCUT2D eigenvalue weighted by Gasteiger charge is -2.10. The van der Waals surface area contributed by atoms with Gasteiger partial charge in [-0.15, -0.1) is 0 Å². The van der Waals surface area contributed by atoms with E-state index in [1.54, 1.807) is 12.1 Å². The van der Waals surface area contributed by atoms with Crippen LogP contribution in [0.5, 0.6) is 0 Å². The van der Waals surface area contributed by atoms with E-state index in [9.17, 15) is 5.11 Å². The third-order valence-corrected chi connectivity index (χ3v) is 3.62. The zero-order valence-electron chi connectivity index (χ0n) is 11.3. The molecule has 1 heterocycles. The highest BCUT2D eigenvalue weighted by Crippen LogP contribution is 2.20. The second kappa shape index (κ2) is 6.22. The number of hydrogen-bond donors (Lipinski definition) is 1. The fourth-order valence-electron chi connectivity index (χ4n) is 1.92. The van der Waals surface area contributed by atoms with Gasteiger partial charge in [0.15, 0.2) is 0 Å². The van der Waals surface area contributed by atoms with Gasteiger partial charge in [0, 0.05) is 23.7 Å². The minimum absolute atomic E-state index is 0.390. The molecule has 2 unspecified atom stereocenters. The molecule has 4 heteroatoms. The summed E-state index contributed by atoms with van der Waals surface area (Å²) in [7, 11) is 0. The number of aliphatic hydroxyl groups is 1. The molecule has 3 nitrogen and oxygen atoms in total. The van der Waals surface area contributed by atoms with Gasteiger partial charge in [-0.3, -0.25) is 4.68 Å². The average Bonchev–Trinajstić information content (AvgIpc) is 2.87. The van der Waals surface area contributed by atoms with Gasteiger partial charge in [-0.2, -0.15) is 5.10 Å². The van der Waals surface area contributed by atoms with Crippen molar-refractivity contribution in [3.63, 3.8) is 0 Å². The van der Waals surface area contributed by atoms with Crippen molar-refractivity contribution in [2.75, 3.05) is 0 Å². The van der Waals surface area contributed by atoms with E-state index in [2.05, 4.69) is 18.9 Å². The van der Waals surface area contributed by atoms with Crippen molar-refractivity contribution >= 4 is 11.6 Å². The smallest absolute Gasteiger partial charge is 0.0846 e. The van der Waals surface area contributed by atoms with Crippen LogP contribution < -0.4 is 0 Å². The Morgan fingerprint density at radius 2 is 1.95 bits per heavy atom. The Morgan fingerprint density at radius 3 is 2.58 bits per heavy atom. The molecular weight excluding hydrogens is 260 g/mol. The highest BCUT2D eigenvalue weighted by atomic mass is 35.5. The molecule has 0 saturated carbocycles. The molecule has 0 aliphatic heterocycles. The molecule has 0 fully saturated rings. The monoisotopic (exact) mass is 278 g/mol. The highest BCUT2D eigenvalue weighted by molar-refractivity contribution is 6.30. The zero-order valence-corrected chi connectivity index (χ0v) is 12.0. The van der Waals surface area contributed by atoms with Gasteiger partial charge in [-0.1, -0.05) is 30.7 Å². The summed E-state index contributed by atoms with van der Waals surface area (Å²) in [6.07, 6.45) is 2.99. The van der Waals surface area contributed by atoms with Crippen LogP contribution in [0.4, 0.5) is 0 Å². The van der Waals surface area contributed by atoms with Crippen LogP contribution in [0.2, 0.25) is 5.02 Å². The van der Waals surface area contributed by atoms with Crippen LogP contribution in [-0.2, 0) is 6.42 Å². The van der Waals surface area contributed by atoms with Gasteiger partial charge in [-0.25, -0.2) is 0 Å². The molecule has 0 spiro atoms. The first kappa shape index (κ1) is 14.1. The first-order valence-corrected chi connectivity index (χ1v) is 6.95. The fraction of sp³-hybridized carbons (Fsp3) is 0.400. The third-order valence-electron chi connectivity index (χ3n) is 3.36. The molecule has 0 aliphatic rings. The van der Waals surface area contributed by atoms with E-state index in [1.165, 1.54) is 0 Å². The van der Waals surface area contributed by atoms with Crippen molar-refractivity contribution in [1.82, 2.24) is 9.78 Å². The molecular formula is C15H19ClN2O. The normalized spacial score (nSPS) is 14.3. The molecule has 1 aromatic carbocycles. The number of rotatable bonds is 5. The van der Waals surface area contributed by atoms with Crippen molar-refractivity contribution < 1.29 is 5.11 Å². The summed E-state index contributed by atoms with van der Waals surface area (Å²) in [5.41, 5.74) is 1.77. The Bertz CT molecular complexity index is 521. The van der Waals surface area contributed by atoms with Crippen LogP contribution in [0.1, 0.15) is 43.7 Å². The molecule has 102 valence electrons. The van der Waals surface area contributed by atoms with Crippen molar-refractivity contribution in [1.29, 1.82) is 0 Å². The zero-order chi connectivity index (χ0) is 13.8. The lowest BCUT2D eigenvalue weighted by Crippen LogP contribution is -2.07. The van der Waals surface area contributed by atoms with Crippen LogP contribution in [0.25, 0.3) is 0 Å². The second-order valence-electron chi connectivity index (χ2n) is 4.82. The number of benzene rings is 1. The van der Waals surface area contributed by atoms with Crippen molar-refractivity contribution in [3.8, 4) is 0 Å². The van der Waals surface area contributed by atoms with Crippen molar-refractivity contribution in [3.05, 3.63) is 52.8 Å². The summed E-state index contributed by atoms with van der Waals surface area (Å²) in [6, 6.07) is 9.62. The maximum absolute atomic E-state index is 10.2. The molecule has 0 radical (unpaired) electrons. The molecule has 1 N–H and O–H groups in total. The van der Waals surface area contributed by atoms with E-state index in [1.807, 2.05) is 29.1 Å². The van der Waals surface area contributed by atoms with Crippen molar-refractivity contribution in [2.45, 2.75) is 38.8 Å². The summed E-state index contributed by atoms with van der Waals surface area (Å²) in [5, 5.41) is 15.3. The molecule has 2 rings (SSSR count). The van der Waals surface area contributed by atoms with Crippen LogP contribution in [-0.4, -0.2) is 14.9 Å². The lowest BCUT2D eigenvalue weighted by molar-refractivity contribution is 0.177. The first-order chi connectivity index (χ1) is 9.10. The van der Waals surface area contributed by atoms with Gasteiger partial charge in [-0.05, 0) is 37.1 Å². The molecule has 2 atom stereocenters. The number of halogens is 1. The van der Waals surface area contributed by atoms with E-state index in [4.69, 9.17) is 11.6 Å². The fourth-order valence-corrected chi connectivity index (χ4v) is 2.05. The molecule has 0 saturated heterocycles. The molecule has 0 bridgehead atoms. The molecule has 1 aromatic heterocycles. The van der Waals surface area contributed by atoms with Crippen LogP contribution >= 0.6 is 11.6 Å². The molecule has 0 aliphatic carbocycles. The third kappa shape index (κ3) is 3.58. The van der Waals surface area contributed by atoms with E-state index >= 15 is 0 Å². The lowest BCUT2D eigenvalue weighted by atomic mass is 10.1. The topological polar surface area (TPSA) is 38.0 Å². The predicted octanol–water partition coefficient (Wildman–Crippen LogP) is 3.78. The summed E-state index contributed by atoms with van der Waals surface area (Å²) in [6.45, 7) is 4.26. The average molecular weight is 279 g/mol. The Hall–Kier alpha value is -1.32. The van der Waals surface area contributed by atoms with Crippen molar-refractivity contribution in [2.24, 2.45) is 0 Å². The number of aliphatic hydroxyl groups excluding tert-OH is 1. The SMILES string of the molecule is CCC(C)n1ccc(CC(O)c2ccc(Cl)cc2)n1. The van der Waals surface area contributed by atoms with Crippen LogP contribution in [0.3, 0.4) is 0 Å². The van der Waals surface area contributed by atoms with Crippen LogP contribution in [0, 0.1) is 0 Å². The maximum Gasteiger partial charge on any atom is 0.0846 e. The number of nitrogens with zero attached hydrogens (tertiary/aromatic N) is 2. The minimum atomic E-state index is -0.544. The minimum Gasteiger partial charge on any atom is -0.388 e. The number of hydrogen-bond acceptors (Lipinski definition) is 2. The predicted molar refractivity (Wildman–Crippen MR) is 77.3 cm³/mol. The summed E-state index contributed by atoms with van der Waals surface area (Å²) >= 11 is 5.83. The largest absolute Gasteiger partial charge is 0.388 e. The Labute approximate surface area is 118 Å². The van der Waals surface area contributed by atoms with E-state index < -0.39 is 6.10 Å². The van der Waals surface area contributed by atoms with Gasteiger partial charge in [0.05, 0.1) is 11.8 Å². The molecule has 2 aromatic rings. The first-order valence-electron chi connectivity index (χ1n) is 6.57. The summed E-state index contributed by atoms with van der Waals surface area (Å²) in [5.74, 6) is 0. The second-order valence-corrected chi connectivity index (χ2v) is 5.25. The summed E-state index contributed by atoms with van der Waals surface area (Å²) in [4.78, 5) is 0. The van der Waals surface area contributed by atoms with Crippen LogP contribution in [0.15, 0.2) is 36.5 Å². The highest BCUT2D eigenvalue weighted by Gasteiger charge is 2.11. The van der Waals surface area contributed by atoms with Gasteiger partial charge in [0.2, 0.25) is 0 Å². The van der Waals surface area contributed by atoms with Gasteiger partial charge >= 0.3 is 0 Å². The number of aromatic nitrogens is 2. The maximum atomic E-state index is 10.2. The standard InChI is InChI=1S/C15H19ClN2O/c1-3-11(2)18-9-8-14(17-18)10-15(19)12-4-6-13(16)7-5-12/h4-9,11,15,19H,3,10H2,1-2H3. The van der Waals surface area contributed by atoms with Gasteiger partial charge in [0.25, 0.3) is 0 Å². The Kier molecular flexibility index (Phi) is 4.61. The van der Waals surface area contributed by atoms with E-state index in [0.29, 0.717) is 17.5 Å². The Balaban J connectivity index is 2.04. The quantitative estimate of drug-likeness (QED) is 0.904. The van der Waals surface area contributed by atoms with Gasteiger partial charge in [0.1, 0.15) is 0 Å². The molecule has 19 heavy (non-hydrogen) atoms. The summed E-state index contributed by atoms with van der Waals surface area (Å²) < 4.78 is 1.95. The molecule has 0 amide bonds.